The lowest BCUT2D eigenvalue weighted by Crippen LogP contribution is -2.48. The molecule has 0 aromatic heterocycles. The Labute approximate surface area is 145 Å². The highest BCUT2D eigenvalue weighted by Gasteiger charge is 2.43. The molecule has 6 heteroatoms. The summed E-state index contributed by atoms with van der Waals surface area (Å²) in [5.74, 6) is -1.36. The van der Waals surface area contributed by atoms with E-state index in [4.69, 9.17) is 4.74 Å². The van der Waals surface area contributed by atoms with Crippen LogP contribution in [0.15, 0.2) is 36.4 Å². The molecule has 1 amide bonds. The number of hydrogen-bond donors (Lipinski definition) is 2. The van der Waals surface area contributed by atoms with Crippen molar-refractivity contribution in [3.63, 3.8) is 0 Å². The Balaban J connectivity index is 1.66. The number of phenols is 1. The van der Waals surface area contributed by atoms with Gasteiger partial charge in [-0.3, -0.25) is 4.79 Å². The summed E-state index contributed by atoms with van der Waals surface area (Å²) >= 11 is 0. The Morgan fingerprint density at radius 1 is 1.32 bits per heavy atom. The Hall–Kier alpha value is -3.07. The second-order valence-electron chi connectivity index (χ2n) is 6.40. The van der Waals surface area contributed by atoms with Crippen molar-refractivity contribution in [1.29, 1.82) is 5.26 Å². The molecule has 0 heterocycles. The van der Waals surface area contributed by atoms with Crippen LogP contribution >= 0.6 is 0 Å². The van der Waals surface area contributed by atoms with Gasteiger partial charge in [0.15, 0.2) is 6.61 Å². The first-order chi connectivity index (χ1) is 11.9. The van der Waals surface area contributed by atoms with Crippen molar-refractivity contribution in [3.8, 4) is 11.8 Å². The fraction of sp³-hybridized carbons (Fsp3) is 0.316. The Bertz CT molecular complexity index is 883. The van der Waals surface area contributed by atoms with Gasteiger partial charge >= 0.3 is 5.97 Å². The number of amides is 1. The Morgan fingerprint density at radius 2 is 2.04 bits per heavy atom. The number of carbonyl (C=O) groups excluding carboxylic acids is 2. The lowest BCUT2D eigenvalue weighted by Gasteiger charge is -2.22. The molecule has 2 aromatic carbocycles. The van der Waals surface area contributed by atoms with E-state index in [2.05, 4.69) is 11.4 Å². The number of fused-ring (bicyclic) bond motifs is 1. The van der Waals surface area contributed by atoms with Crippen LogP contribution in [-0.2, 0) is 9.53 Å². The first kappa shape index (κ1) is 16.8. The molecule has 0 radical (unpaired) electrons. The predicted octanol–water partition coefficient (Wildman–Crippen LogP) is 2.51. The van der Waals surface area contributed by atoms with Gasteiger partial charge in [-0.15, -0.1) is 0 Å². The van der Waals surface area contributed by atoms with Gasteiger partial charge in [-0.05, 0) is 37.1 Å². The van der Waals surface area contributed by atoms with Crippen molar-refractivity contribution < 1.29 is 19.4 Å². The lowest BCUT2D eigenvalue weighted by atomic mass is 9.98. The van der Waals surface area contributed by atoms with E-state index in [1.54, 1.807) is 25.1 Å². The van der Waals surface area contributed by atoms with Gasteiger partial charge in [0, 0.05) is 5.39 Å². The summed E-state index contributed by atoms with van der Waals surface area (Å²) < 4.78 is 4.99. The summed E-state index contributed by atoms with van der Waals surface area (Å²) in [6.45, 7) is 1.16. The number of ether oxygens (including phenoxy) is 1. The monoisotopic (exact) mass is 338 g/mol. The van der Waals surface area contributed by atoms with Gasteiger partial charge in [0.25, 0.3) is 5.91 Å². The van der Waals surface area contributed by atoms with Crippen LogP contribution < -0.4 is 5.32 Å². The van der Waals surface area contributed by atoms with Crippen LogP contribution in [-0.4, -0.2) is 29.1 Å². The van der Waals surface area contributed by atoms with Crippen molar-refractivity contribution >= 4 is 22.6 Å². The molecule has 6 nitrogen and oxygen atoms in total. The second-order valence-corrected chi connectivity index (χ2v) is 6.40. The molecule has 1 aliphatic carbocycles. The van der Waals surface area contributed by atoms with Crippen LogP contribution in [0.25, 0.3) is 10.8 Å². The van der Waals surface area contributed by atoms with Crippen LogP contribution in [0.4, 0.5) is 0 Å². The van der Waals surface area contributed by atoms with Gasteiger partial charge in [-0.1, -0.05) is 30.3 Å². The largest absolute Gasteiger partial charge is 0.506 e. The maximum absolute atomic E-state index is 12.2. The van der Waals surface area contributed by atoms with E-state index in [1.807, 2.05) is 12.1 Å². The maximum atomic E-state index is 12.2. The molecule has 2 N–H and O–H groups in total. The molecule has 3 rings (SSSR count). The van der Waals surface area contributed by atoms with E-state index in [9.17, 15) is 20.0 Å². The normalized spacial score (nSPS) is 15.8. The number of phenolic OH excluding ortho intramolecular Hbond substituents is 1. The number of nitriles is 1. The lowest BCUT2D eigenvalue weighted by molar-refractivity contribution is -0.125. The fourth-order valence-electron chi connectivity index (χ4n) is 2.84. The number of aromatic hydroxyl groups is 1. The van der Waals surface area contributed by atoms with Crippen LogP contribution in [0.1, 0.15) is 30.1 Å². The van der Waals surface area contributed by atoms with Crippen molar-refractivity contribution in [2.45, 2.75) is 25.3 Å². The summed E-state index contributed by atoms with van der Waals surface area (Å²) in [4.78, 5) is 24.1. The molecule has 128 valence electrons. The Kier molecular flexibility index (Phi) is 4.32. The first-order valence-corrected chi connectivity index (χ1v) is 8.05. The number of carbonyl (C=O) groups is 2. The molecule has 1 saturated carbocycles. The van der Waals surface area contributed by atoms with E-state index in [-0.39, 0.29) is 17.2 Å². The van der Waals surface area contributed by atoms with Crippen molar-refractivity contribution in [3.05, 3.63) is 42.0 Å². The summed E-state index contributed by atoms with van der Waals surface area (Å²) in [6, 6.07) is 12.4. The topological polar surface area (TPSA) is 99.4 Å². The molecule has 0 bridgehead atoms. The minimum atomic E-state index is -0.936. The van der Waals surface area contributed by atoms with Gasteiger partial charge in [-0.2, -0.15) is 5.26 Å². The number of nitrogens with one attached hydrogen (secondary N) is 1. The third-order valence-corrected chi connectivity index (χ3v) is 4.48. The molecule has 1 unspecified atom stereocenters. The van der Waals surface area contributed by atoms with Crippen molar-refractivity contribution in [2.24, 2.45) is 5.92 Å². The molecule has 2 aromatic rings. The molecule has 0 aliphatic heterocycles. The zero-order valence-electron chi connectivity index (χ0n) is 13.8. The van der Waals surface area contributed by atoms with Crippen LogP contribution in [0, 0.1) is 17.2 Å². The van der Waals surface area contributed by atoms with Crippen LogP contribution in [0.2, 0.25) is 0 Å². The average Bonchev–Trinajstić information content (AvgIpc) is 3.46. The quantitative estimate of drug-likeness (QED) is 0.816. The minimum Gasteiger partial charge on any atom is -0.506 e. The zero-order chi connectivity index (χ0) is 18.0. The molecule has 0 spiro atoms. The van der Waals surface area contributed by atoms with Crippen LogP contribution in [0.3, 0.4) is 0 Å². The fourth-order valence-corrected chi connectivity index (χ4v) is 2.84. The van der Waals surface area contributed by atoms with Gasteiger partial charge in [0.2, 0.25) is 0 Å². The zero-order valence-corrected chi connectivity index (χ0v) is 13.8. The van der Waals surface area contributed by atoms with Gasteiger partial charge in [0.1, 0.15) is 16.9 Å². The van der Waals surface area contributed by atoms with E-state index >= 15 is 0 Å². The van der Waals surface area contributed by atoms with E-state index in [0.29, 0.717) is 5.39 Å². The molecule has 0 saturated heterocycles. The third-order valence-electron chi connectivity index (χ3n) is 4.48. The van der Waals surface area contributed by atoms with Crippen LogP contribution in [0.5, 0.6) is 5.75 Å². The van der Waals surface area contributed by atoms with Gasteiger partial charge < -0.3 is 15.2 Å². The summed E-state index contributed by atoms with van der Waals surface area (Å²) in [6.07, 6.45) is 1.80. The van der Waals surface area contributed by atoms with E-state index < -0.39 is 24.0 Å². The van der Waals surface area contributed by atoms with Crippen molar-refractivity contribution in [2.75, 3.05) is 6.61 Å². The molecule has 1 atom stereocenters. The number of rotatable bonds is 5. The summed E-state index contributed by atoms with van der Waals surface area (Å²) in [7, 11) is 0. The number of hydrogen-bond acceptors (Lipinski definition) is 5. The summed E-state index contributed by atoms with van der Waals surface area (Å²) in [5.41, 5.74) is -0.939. The van der Waals surface area contributed by atoms with E-state index in [1.165, 1.54) is 6.07 Å². The highest BCUT2D eigenvalue weighted by molar-refractivity contribution is 6.01. The predicted molar refractivity (Wildman–Crippen MR) is 90.8 cm³/mol. The second kappa shape index (κ2) is 6.44. The highest BCUT2D eigenvalue weighted by Crippen LogP contribution is 2.39. The number of benzene rings is 2. The standard InChI is InChI=1S/C19H18N2O4/c1-19(11-20,13-7-8-13)21-16(22)10-25-18(24)15-9-6-12-4-2-3-5-14(12)17(15)23/h2-6,9,13,23H,7-8,10H2,1H3,(H,21,22). The summed E-state index contributed by atoms with van der Waals surface area (Å²) in [5, 5.41) is 23.4. The Morgan fingerprint density at radius 3 is 2.72 bits per heavy atom. The molecule has 1 aliphatic rings. The maximum Gasteiger partial charge on any atom is 0.342 e. The molecular formula is C19H18N2O4. The average molecular weight is 338 g/mol. The number of nitrogens with zero attached hydrogens (tertiary/aromatic N) is 1. The van der Waals surface area contributed by atoms with Crippen molar-refractivity contribution in [1.82, 2.24) is 5.32 Å². The minimum absolute atomic E-state index is 0.00302. The highest BCUT2D eigenvalue weighted by atomic mass is 16.5. The van der Waals surface area contributed by atoms with Gasteiger partial charge in [0.05, 0.1) is 6.07 Å². The smallest absolute Gasteiger partial charge is 0.342 e. The molecule has 25 heavy (non-hydrogen) atoms. The van der Waals surface area contributed by atoms with E-state index in [0.717, 1.165) is 18.2 Å². The number of esters is 1. The SMILES string of the molecule is CC(C#N)(NC(=O)COC(=O)c1ccc2ccccc2c1O)C1CC1. The first-order valence-electron chi connectivity index (χ1n) is 8.05. The molecule has 1 fully saturated rings. The molecular weight excluding hydrogens is 320 g/mol. The third kappa shape index (κ3) is 3.41. The van der Waals surface area contributed by atoms with Gasteiger partial charge in [-0.25, -0.2) is 4.79 Å².